The molecule has 0 aliphatic carbocycles. The van der Waals surface area contributed by atoms with Crippen LogP contribution in [0.3, 0.4) is 0 Å². The number of benzene rings is 1. The van der Waals surface area contributed by atoms with E-state index in [1.807, 2.05) is 0 Å². The average molecular weight is 509 g/mol. The van der Waals surface area contributed by atoms with Gasteiger partial charge in [0.25, 0.3) is 0 Å². The fourth-order valence-electron chi connectivity index (χ4n) is 4.27. The summed E-state index contributed by atoms with van der Waals surface area (Å²) in [6.07, 6.45) is 2.70. The van der Waals surface area contributed by atoms with Gasteiger partial charge in [-0.1, -0.05) is 18.5 Å². The molecule has 3 N–H and O–H groups in total. The second-order valence-electron chi connectivity index (χ2n) is 8.38. The van der Waals surface area contributed by atoms with Gasteiger partial charge < -0.3 is 11.1 Å². The van der Waals surface area contributed by atoms with Crippen LogP contribution in [0.5, 0.6) is 0 Å². The van der Waals surface area contributed by atoms with Gasteiger partial charge in [-0.05, 0) is 44.5 Å². The predicted molar refractivity (Wildman–Crippen MR) is 128 cm³/mol. The van der Waals surface area contributed by atoms with Crippen LogP contribution in [0.15, 0.2) is 41.8 Å². The molecule has 1 aliphatic rings. The molecule has 0 saturated carbocycles. The van der Waals surface area contributed by atoms with Crippen LogP contribution in [0.2, 0.25) is 5.02 Å². The SMILES string of the molecule is CC[C@]1(CF)C(N)=N[C@](C)(c2cc(Nc3ncnc4cc(Cl)cnc34)ccc2F)C(C)S1(=O)=O. The molecule has 0 fully saturated rings. The highest BCUT2D eigenvalue weighted by molar-refractivity contribution is 7.94. The largest absolute Gasteiger partial charge is 0.386 e. The Morgan fingerprint density at radius 2 is 1.97 bits per heavy atom. The van der Waals surface area contributed by atoms with Crippen molar-refractivity contribution in [3.05, 3.63) is 53.2 Å². The van der Waals surface area contributed by atoms with Crippen LogP contribution in [0.1, 0.15) is 32.8 Å². The lowest BCUT2D eigenvalue weighted by Crippen LogP contribution is -2.62. The van der Waals surface area contributed by atoms with Crippen LogP contribution in [-0.2, 0) is 15.4 Å². The lowest BCUT2D eigenvalue weighted by molar-refractivity contribution is 0.376. The smallest absolute Gasteiger partial charge is 0.171 e. The van der Waals surface area contributed by atoms with Crippen molar-refractivity contribution in [1.29, 1.82) is 0 Å². The number of fused-ring (bicyclic) bond motifs is 1. The molecular formula is C22H23ClF2N6O2S. The number of sulfone groups is 1. The molecule has 1 unspecified atom stereocenters. The Labute approximate surface area is 200 Å². The molecule has 3 aromatic rings. The Hall–Kier alpha value is -2.92. The highest BCUT2D eigenvalue weighted by atomic mass is 35.5. The van der Waals surface area contributed by atoms with Gasteiger partial charge in [-0.3, -0.25) is 4.99 Å². The van der Waals surface area contributed by atoms with Crippen molar-refractivity contribution < 1.29 is 17.2 Å². The topological polar surface area (TPSA) is 123 Å². The Balaban J connectivity index is 1.83. The molecule has 8 nitrogen and oxygen atoms in total. The first-order valence-corrected chi connectivity index (χ1v) is 12.4. The lowest BCUT2D eigenvalue weighted by Gasteiger charge is -2.44. The van der Waals surface area contributed by atoms with Gasteiger partial charge in [-0.15, -0.1) is 0 Å². The number of anilines is 2. The third-order valence-corrected chi connectivity index (χ3v) is 9.92. The molecule has 0 radical (unpaired) electrons. The van der Waals surface area contributed by atoms with Gasteiger partial charge in [0.1, 0.15) is 35.7 Å². The number of hydrogen-bond acceptors (Lipinski definition) is 8. The van der Waals surface area contributed by atoms with Crippen molar-refractivity contribution in [2.75, 3.05) is 12.0 Å². The number of pyridine rings is 1. The number of nitrogens with zero attached hydrogens (tertiary/aromatic N) is 4. The van der Waals surface area contributed by atoms with Gasteiger partial charge in [0.15, 0.2) is 20.4 Å². The molecule has 34 heavy (non-hydrogen) atoms. The number of halogens is 3. The third-order valence-electron chi connectivity index (χ3n) is 6.62. The maximum absolute atomic E-state index is 15.1. The molecule has 2 aromatic heterocycles. The molecule has 0 spiro atoms. The van der Waals surface area contributed by atoms with E-state index in [0.29, 0.717) is 27.6 Å². The Morgan fingerprint density at radius 1 is 1.24 bits per heavy atom. The maximum Gasteiger partial charge on any atom is 0.171 e. The molecule has 12 heteroatoms. The van der Waals surface area contributed by atoms with Crippen molar-refractivity contribution in [2.45, 2.75) is 42.7 Å². The van der Waals surface area contributed by atoms with Crippen LogP contribution >= 0.6 is 11.6 Å². The minimum absolute atomic E-state index is 0.00514. The number of nitrogens with one attached hydrogen (secondary N) is 1. The minimum Gasteiger partial charge on any atom is -0.386 e. The zero-order valence-corrected chi connectivity index (χ0v) is 20.3. The molecule has 0 amide bonds. The summed E-state index contributed by atoms with van der Waals surface area (Å²) in [4.78, 5) is 17.0. The van der Waals surface area contributed by atoms with Gasteiger partial charge in [0.2, 0.25) is 0 Å². The zero-order chi connectivity index (χ0) is 24.9. The predicted octanol–water partition coefficient (Wildman–Crippen LogP) is 4.07. The minimum atomic E-state index is -4.15. The van der Waals surface area contributed by atoms with Crippen LogP contribution in [-0.4, -0.2) is 45.9 Å². The summed E-state index contributed by atoms with van der Waals surface area (Å²) in [6.45, 7) is 3.21. The fraction of sp³-hybridized carbons (Fsp3) is 0.364. The van der Waals surface area contributed by atoms with E-state index in [1.54, 1.807) is 6.07 Å². The standard InChI is InChI=1S/C22H23ClF2N6O2S/c1-4-22(10-24)20(26)31-21(3,12(2)34(22,32)33)15-8-14(5-6-16(15)25)30-19-18-17(28-11-29-19)7-13(23)9-27-18/h5-9,11-12H,4,10H2,1-3H3,(H2,26,31)(H,28,29,30)/t12?,21-,22-/m0/s1. The summed E-state index contributed by atoms with van der Waals surface area (Å²) in [7, 11) is -4.15. The number of aromatic nitrogens is 3. The van der Waals surface area contributed by atoms with E-state index in [0.717, 1.165) is 0 Å². The van der Waals surface area contributed by atoms with E-state index in [-0.39, 0.29) is 17.8 Å². The number of nitrogens with two attached hydrogens (primary N) is 1. The van der Waals surface area contributed by atoms with E-state index >= 15 is 4.39 Å². The number of aliphatic imine (C=N–C) groups is 1. The van der Waals surface area contributed by atoms with Crippen LogP contribution in [0.4, 0.5) is 20.3 Å². The van der Waals surface area contributed by atoms with Crippen LogP contribution in [0.25, 0.3) is 11.0 Å². The zero-order valence-electron chi connectivity index (χ0n) is 18.7. The fourth-order valence-corrected chi connectivity index (χ4v) is 6.77. The van der Waals surface area contributed by atoms with Gasteiger partial charge in [-0.25, -0.2) is 32.2 Å². The van der Waals surface area contributed by atoms with Gasteiger partial charge in [0.05, 0.1) is 15.8 Å². The highest BCUT2D eigenvalue weighted by Crippen LogP contribution is 2.45. The molecule has 4 rings (SSSR count). The quantitative estimate of drug-likeness (QED) is 0.532. The van der Waals surface area contributed by atoms with Gasteiger partial charge >= 0.3 is 0 Å². The first kappa shape index (κ1) is 24.2. The van der Waals surface area contributed by atoms with E-state index < -0.39 is 37.9 Å². The first-order chi connectivity index (χ1) is 16.0. The summed E-state index contributed by atoms with van der Waals surface area (Å²) in [5.41, 5.74) is 5.79. The number of alkyl halides is 1. The molecule has 3 heterocycles. The molecule has 1 aliphatic heterocycles. The maximum atomic E-state index is 15.1. The number of amidine groups is 1. The van der Waals surface area contributed by atoms with Gasteiger partial charge in [0, 0.05) is 17.4 Å². The Bertz CT molecular complexity index is 1410. The lowest BCUT2D eigenvalue weighted by atomic mass is 9.87. The normalized spacial score (nSPS) is 26.3. The summed E-state index contributed by atoms with van der Waals surface area (Å²) < 4.78 is 53.9. The average Bonchev–Trinajstić information content (AvgIpc) is 2.79. The number of rotatable bonds is 5. The first-order valence-electron chi connectivity index (χ1n) is 10.5. The summed E-state index contributed by atoms with van der Waals surface area (Å²) in [5, 5.41) is 2.23. The molecule has 180 valence electrons. The molecule has 1 aromatic carbocycles. The third kappa shape index (κ3) is 3.49. The van der Waals surface area contributed by atoms with Crippen molar-refractivity contribution in [3.63, 3.8) is 0 Å². The van der Waals surface area contributed by atoms with Crippen molar-refractivity contribution in [3.8, 4) is 0 Å². The summed E-state index contributed by atoms with van der Waals surface area (Å²) in [5.74, 6) is -0.689. The van der Waals surface area contributed by atoms with Crippen molar-refractivity contribution in [1.82, 2.24) is 15.0 Å². The Kier molecular flexibility index (Phi) is 5.97. The van der Waals surface area contributed by atoms with Crippen molar-refractivity contribution in [2.24, 2.45) is 10.7 Å². The molecular weight excluding hydrogens is 486 g/mol. The van der Waals surface area contributed by atoms with Gasteiger partial charge in [-0.2, -0.15) is 0 Å². The molecule has 3 atom stereocenters. The molecule has 0 bridgehead atoms. The van der Waals surface area contributed by atoms with Crippen LogP contribution in [0, 0.1) is 5.82 Å². The Morgan fingerprint density at radius 3 is 2.65 bits per heavy atom. The van der Waals surface area contributed by atoms with E-state index in [4.69, 9.17) is 17.3 Å². The van der Waals surface area contributed by atoms with Crippen molar-refractivity contribution >= 4 is 49.8 Å². The number of hydrogen-bond donors (Lipinski definition) is 2. The second-order valence-corrected chi connectivity index (χ2v) is 11.4. The van der Waals surface area contributed by atoms with E-state index in [2.05, 4.69) is 25.3 Å². The van der Waals surface area contributed by atoms with E-state index in [1.165, 1.54) is 51.5 Å². The summed E-state index contributed by atoms with van der Waals surface area (Å²) >= 11 is 5.98. The monoisotopic (exact) mass is 508 g/mol. The summed E-state index contributed by atoms with van der Waals surface area (Å²) in [6, 6.07) is 5.73. The molecule has 0 saturated heterocycles. The van der Waals surface area contributed by atoms with E-state index in [9.17, 15) is 12.8 Å². The van der Waals surface area contributed by atoms with Crippen LogP contribution < -0.4 is 11.1 Å². The highest BCUT2D eigenvalue weighted by Gasteiger charge is 2.59. The second kappa shape index (κ2) is 8.38.